The van der Waals surface area contributed by atoms with E-state index in [1.165, 1.54) is 12.0 Å². The molecule has 0 saturated heterocycles. The largest absolute Gasteiger partial charge is 0.468 e. The number of ether oxygens (including phenoxy) is 1. The lowest BCUT2D eigenvalue weighted by molar-refractivity contribution is -0.142. The predicted octanol–water partition coefficient (Wildman–Crippen LogP) is -0.147. The Hall–Kier alpha value is -1.61. The van der Waals surface area contributed by atoms with Crippen LogP contribution in [0.5, 0.6) is 0 Å². The van der Waals surface area contributed by atoms with Crippen LogP contribution in [0.2, 0.25) is 0 Å². The summed E-state index contributed by atoms with van der Waals surface area (Å²) in [6, 6.07) is 1.98. The molecule has 0 heterocycles. The van der Waals surface area contributed by atoms with Crippen LogP contribution in [0, 0.1) is 11.3 Å². The molecule has 0 N–H and O–H groups in total. The van der Waals surface area contributed by atoms with Gasteiger partial charge in [-0.3, -0.25) is 14.5 Å². The van der Waals surface area contributed by atoms with Crippen molar-refractivity contribution in [2.24, 2.45) is 0 Å². The van der Waals surface area contributed by atoms with E-state index >= 15 is 0 Å². The monoisotopic (exact) mass is 241 g/mol. The average Bonchev–Trinajstić information content (AvgIpc) is 2.34. The molecule has 0 aliphatic carbocycles. The Morgan fingerprint density at radius 1 is 1.35 bits per heavy atom. The van der Waals surface area contributed by atoms with Gasteiger partial charge in [-0.2, -0.15) is 5.26 Å². The zero-order chi connectivity index (χ0) is 13.3. The van der Waals surface area contributed by atoms with Gasteiger partial charge in [0.2, 0.25) is 5.91 Å². The van der Waals surface area contributed by atoms with E-state index in [1.54, 1.807) is 11.9 Å². The van der Waals surface area contributed by atoms with Gasteiger partial charge in [-0.05, 0) is 6.54 Å². The molecule has 0 aromatic carbocycles. The number of esters is 1. The Labute approximate surface area is 102 Å². The third-order valence-electron chi connectivity index (χ3n) is 2.37. The maximum absolute atomic E-state index is 11.7. The third kappa shape index (κ3) is 6.53. The van der Waals surface area contributed by atoms with Crippen molar-refractivity contribution in [3.63, 3.8) is 0 Å². The number of methoxy groups -OCH3 is 1. The molecule has 0 aliphatic heterocycles. The maximum Gasteiger partial charge on any atom is 0.319 e. The number of hydrogen-bond acceptors (Lipinski definition) is 5. The zero-order valence-corrected chi connectivity index (χ0v) is 10.6. The van der Waals surface area contributed by atoms with E-state index in [4.69, 9.17) is 5.26 Å². The molecular weight excluding hydrogens is 222 g/mol. The van der Waals surface area contributed by atoms with Gasteiger partial charge in [-0.1, -0.05) is 6.92 Å². The topological polar surface area (TPSA) is 73.6 Å². The Morgan fingerprint density at radius 3 is 2.47 bits per heavy atom. The zero-order valence-electron chi connectivity index (χ0n) is 10.6. The lowest BCUT2D eigenvalue weighted by Gasteiger charge is -2.22. The molecule has 0 aromatic heterocycles. The van der Waals surface area contributed by atoms with Crippen LogP contribution >= 0.6 is 0 Å². The van der Waals surface area contributed by atoms with Crippen LogP contribution in [0.1, 0.15) is 13.3 Å². The number of likely N-dealkylation sites (N-methyl/N-ethyl adjacent to an activating group) is 2. The molecular formula is C11H19N3O3. The minimum Gasteiger partial charge on any atom is -0.468 e. The van der Waals surface area contributed by atoms with Crippen LogP contribution in [0.15, 0.2) is 0 Å². The highest BCUT2D eigenvalue weighted by Gasteiger charge is 2.15. The molecule has 0 spiro atoms. The molecule has 0 bridgehead atoms. The fourth-order valence-electron chi connectivity index (χ4n) is 1.18. The Balaban J connectivity index is 4.14. The predicted molar refractivity (Wildman–Crippen MR) is 62.0 cm³/mol. The van der Waals surface area contributed by atoms with E-state index in [-0.39, 0.29) is 25.0 Å². The summed E-state index contributed by atoms with van der Waals surface area (Å²) in [4.78, 5) is 26.0. The van der Waals surface area contributed by atoms with Crippen molar-refractivity contribution in [1.29, 1.82) is 5.26 Å². The summed E-state index contributed by atoms with van der Waals surface area (Å²) in [6.07, 6.45) is 0.311. The first-order chi connectivity index (χ1) is 8.04. The molecule has 0 aromatic rings. The van der Waals surface area contributed by atoms with Gasteiger partial charge in [0.05, 0.1) is 32.7 Å². The van der Waals surface area contributed by atoms with E-state index in [1.807, 2.05) is 13.0 Å². The lowest BCUT2D eigenvalue weighted by atomic mass is 10.3. The van der Waals surface area contributed by atoms with Crippen LogP contribution < -0.4 is 0 Å². The normalized spacial score (nSPS) is 9.82. The van der Waals surface area contributed by atoms with Crippen molar-refractivity contribution in [2.45, 2.75) is 13.3 Å². The fraction of sp³-hybridized carbons (Fsp3) is 0.727. The molecule has 0 radical (unpaired) electrons. The first-order valence-corrected chi connectivity index (χ1v) is 5.45. The molecule has 96 valence electrons. The summed E-state index contributed by atoms with van der Waals surface area (Å²) in [5.41, 5.74) is 0. The number of rotatable bonds is 7. The Bertz CT molecular complexity index is 299. The quantitative estimate of drug-likeness (QED) is 0.580. The van der Waals surface area contributed by atoms with Gasteiger partial charge in [0, 0.05) is 13.6 Å². The van der Waals surface area contributed by atoms with Gasteiger partial charge < -0.3 is 9.64 Å². The van der Waals surface area contributed by atoms with E-state index in [2.05, 4.69) is 4.74 Å². The number of nitrogens with zero attached hydrogens (tertiary/aromatic N) is 3. The van der Waals surface area contributed by atoms with E-state index in [9.17, 15) is 9.59 Å². The third-order valence-corrected chi connectivity index (χ3v) is 2.37. The van der Waals surface area contributed by atoms with Gasteiger partial charge in [-0.15, -0.1) is 0 Å². The molecule has 17 heavy (non-hydrogen) atoms. The second-order valence-corrected chi connectivity index (χ2v) is 3.60. The molecule has 0 aliphatic rings. The maximum atomic E-state index is 11.7. The summed E-state index contributed by atoms with van der Waals surface area (Å²) in [5, 5.41) is 8.42. The number of carbonyl (C=O) groups excluding carboxylic acids is 2. The van der Waals surface area contributed by atoms with Crippen molar-refractivity contribution in [1.82, 2.24) is 9.80 Å². The molecule has 0 fully saturated rings. The number of amides is 1. The Kier molecular flexibility index (Phi) is 7.72. The number of nitriles is 1. The van der Waals surface area contributed by atoms with Gasteiger partial charge in [0.1, 0.15) is 0 Å². The molecule has 0 saturated carbocycles. The van der Waals surface area contributed by atoms with Gasteiger partial charge in [0.15, 0.2) is 0 Å². The first-order valence-electron chi connectivity index (χ1n) is 5.45. The minimum atomic E-state index is -0.362. The number of carbonyl (C=O) groups is 2. The SMILES string of the molecule is CCN(CC(=O)OC)CC(=O)N(C)CCC#N. The van der Waals surface area contributed by atoms with Crippen molar-refractivity contribution in [3.8, 4) is 6.07 Å². The smallest absolute Gasteiger partial charge is 0.319 e. The van der Waals surface area contributed by atoms with Gasteiger partial charge >= 0.3 is 5.97 Å². The van der Waals surface area contributed by atoms with Crippen molar-refractivity contribution < 1.29 is 14.3 Å². The first kappa shape index (κ1) is 15.4. The molecule has 0 unspecified atom stereocenters. The van der Waals surface area contributed by atoms with E-state index < -0.39 is 0 Å². The molecule has 6 heteroatoms. The molecule has 6 nitrogen and oxygen atoms in total. The summed E-state index contributed by atoms with van der Waals surface area (Å²) in [6.45, 7) is 3.13. The summed E-state index contributed by atoms with van der Waals surface area (Å²) in [7, 11) is 2.96. The van der Waals surface area contributed by atoms with Crippen molar-refractivity contribution in [2.75, 3.05) is 40.3 Å². The number of hydrogen-bond donors (Lipinski definition) is 0. The van der Waals surface area contributed by atoms with Crippen LogP contribution in [-0.4, -0.2) is 62.0 Å². The highest BCUT2D eigenvalue weighted by molar-refractivity contribution is 5.79. The fourth-order valence-corrected chi connectivity index (χ4v) is 1.18. The second kappa shape index (κ2) is 8.53. The highest BCUT2D eigenvalue weighted by Crippen LogP contribution is 1.94. The summed E-state index contributed by atoms with van der Waals surface area (Å²) in [5.74, 6) is -0.467. The van der Waals surface area contributed by atoms with Crippen LogP contribution in [0.4, 0.5) is 0 Å². The van der Waals surface area contributed by atoms with Gasteiger partial charge in [-0.25, -0.2) is 0 Å². The van der Waals surface area contributed by atoms with Crippen LogP contribution in [-0.2, 0) is 14.3 Å². The molecule has 1 amide bonds. The van der Waals surface area contributed by atoms with Crippen molar-refractivity contribution in [3.05, 3.63) is 0 Å². The lowest BCUT2D eigenvalue weighted by Crippen LogP contribution is -2.41. The van der Waals surface area contributed by atoms with E-state index in [0.717, 1.165) is 0 Å². The minimum absolute atomic E-state index is 0.102. The highest BCUT2D eigenvalue weighted by atomic mass is 16.5. The summed E-state index contributed by atoms with van der Waals surface area (Å²) >= 11 is 0. The molecule has 0 rings (SSSR count). The van der Waals surface area contributed by atoms with Crippen molar-refractivity contribution >= 4 is 11.9 Å². The second-order valence-electron chi connectivity index (χ2n) is 3.60. The van der Waals surface area contributed by atoms with Crippen LogP contribution in [0.25, 0.3) is 0 Å². The average molecular weight is 241 g/mol. The van der Waals surface area contributed by atoms with Gasteiger partial charge in [0.25, 0.3) is 0 Å². The summed E-state index contributed by atoms with van der Waals surface area (Å²) < 4.78 is 4.54. The Morgan fingerprint density at radius 2 is 2.00 bits per heavy atom. The van der Waals surface area contributed by atoms with Crippen LogP contribution in [0.3, 0.4) is 0 Å². The molecule has 0 atom stereocenters. The van der Waals surface area contributed by atoms with E-state index in [0.29, 0.717) is 19.5 Å². The standard InChI is InChI=1S/C11H19N3O3/c1-4-14(9-11(16)17-3)8-10(15)13(2)7-5-6-12/h4-5,7-9H2,1-3H3.